The Hall–Kier alpha value is 0.0900. The van der Waals surface area contributed by atoms with Crippen LogP contribution in [0.5, 0.6) is 0 Å². The first-order chi connectivity index (χ1) is 6.11. The summed E-state index contributed by atoms with van der Waals surface area (Å²) in [5.41, 5.74) is 0. The summed E-state index contributed by atoms with van der Waals surface area (Å²) < 4.78 is 9.81. The second-order valence-corrected chi connectivity index (χ2v) is 3.21. The van der Waals surface area contributed by atoms with Crippen molar-refractivity contribution in [2.75, 3.05) is 13.0 Å². The Labute approximate surface area is 80.8 Å². The average Bonchev–Trinajstić information content (AvgIpc) is 2.13. The van der Waals surface area contributed by atoms with Gasteiger partial charge in [-0.2, -0.15) is 0 Å². The SMILES string of the molecule is CO[C@H]1[C@H](O)[C@@H](O)[C@H](O)O[C@@H]1CCl. The minimum atomic E-state index is -1.41. The van der Waals surface area contributed by atoms with E-state index in [1.165, 1.54) is 7.11 Å². The van der Waals surface area contributed by atoms with E-state index < -0.39 is 30.7 Å². The first-order valence-electron chi connectivity index (χ1n) is 3.90. The number of hydrogen-bond donors (Lipinski definition) is 3. The summed E-state index contributed by atoms with van der Waals surface area (Å²) in [6, 6.07) is 0. The van der Waals surface area contributed by atoms with Gasteiger partial charge in [0.25, 0.3) is 0 Å². The summed E-state index contributed by atoms with van der Waals surface area (Å²) in [6.07, 6.45) is -5.27. The van der Waals surface area contributed by atoms with Crippen molar-refractivity contribution in [1.82, 2.24) is 0 Å². The third kappa shape index (κ3) is 2.12. The number of methoxy groups -OCH3 is 1. The smallest absolute Gasteiger partial charge is 0.184 e. The van der Waals surface area contributed by atoms with Gasteiger partial charge in [0.15, 0.2) is 6.29 Å². The standard InChI is InChI=1S/C7H13ClO5/c1-12-6-3(2-8)13-7(11)5(10)4(6)9/h3-7,9-11H,2H2,1H3/t3-,4-,5-,6-,7-/m1/s1. The topological polar surface area (TPSA) is 79.2 Å². The van der Waals surface area contributed by atoms with Gasteiger partial charge >= 0.3 is 0 Å². The van der Waals surface area contributed by atoms with E-state index in [1.807, 2.05) is 0 Å². The third-order valence-electron chi connectivity index (χ3n) is 2.08. The molecule has 0 aromatic heterocycles. The van der Waals surface area contributed by atoms with Gasteiger partial charge in [0.1, 0.15) is 24.4 Å². The van der Waals surface area contributed by atoms with Crippen LogP contribution in [0.25, 0.3) is 0 Å². The van der Waals surface area contributed by atoms with Crippen LogP contribution in [-0.4, -0.2) is 59.0 Å². The maximum Gasteiger partial charge on any atom is 0.184 e. The maximum absolute atomic E-state index is 9.44. The third-order valence-corrected chi connectivity index (χ3v) is 2.39. The van der Waals surface area contributed by atoms with Gasteiger partial charge in [-0.25, -0.2) is 0 Å². The molecular weight excluding hydrogens is 200 g/mol. The first-order valence-corrected chi connectivity index (χ1v) is 4.43. The molecule has 1 heterocycles. The van der Waals surface area contributed by atoms with Crippen LogP contribution < -0.4 is 0 Å². The molecule has 1 aliphatic heterocycles. The van der Waals surface area contributed by atoms with Crippen LogP contribution in [0, 0.1) is 0 Å². The van der Waals surface area contributed by atoms with Crippen molar-refractivity contribution in [2.24, 2.45) is 0 Å². The number of ether oxygens (including phenoxy) is 2. The zero-order valence-corrected chi connectivity index (χ0v) is 7.89. The zero-order valence-electron chi connectivity index (χ0n) is 7.13. The molecule has 0 amide bonds. The molecule has 0 spiro atoms. The Morgan fingerprint density at radius 3 is 2.38 bits per heavy atom. The van der Waals surface area contributed by atoms with Gasteiger partial charge < -0.3 is 24.8 Å². The molecule has 5 atom stereocenters. The van der Waals surface area contributed by atoms with Crippen molar-refractivity contribution in [2.45, 2.75) is 30.7 Å². The van der Waals surface area contributed by atoms with E-state index >= 15 is 0 Å². The summed E-state index contributed by atoms with van der Waals surface area (Å²) in [6.45, 7) is 0. The highest BCUT2D eigenvalue weighted by Gasteiger charge is 2.43. The quantitative estimate of drug-likeness (QED) is 0.495. The molecule has 0 saturated carbocycles. The van der Waals surface area contributed by atoms with Crippen molar-refractivity contribution in [3.8, 4) is 0 Å². The van der Waals surface area contributed by atoms with Crippen molar-refractivity contribution < 1.29 is 24.8 Å². The fourth-order valence-electron chi connectivity index (χ4n) is 1.34. The van der Waals surface area contributed by atoms with Crippen LogP contribution in [0.15, 0.2) is 0 Å². The van der Waals surface area contributed by atoms with Crippen LogP contribution in [0.3, 0.4) is 0 Å². The summed E-state index contributed by atoms with van der Waals surface area (Å²) in [5, 5.41) is 27.8. The van der Waals surface area contributed by atoms with E-state index in [9.17, 15) is 10.2 Å². The van der Waals surface area contributed by atoms with Gasteiger partial charge in [-0.05, 0) is 0 Å². The molecule has 0 aromatic carbocycles. The highest BCUT2D eigenvalue weighted by molar-refractivity contribution is 6.18. The van der Waals surface area contributed by atoms with E-state index in [0.717, 1.165) is 0 Å². The lowest BCUT2D eigenvalue weighted by atomic mass is 10.00. The Morgan fingerprint density at radius 2 is 1.92 bits per heavy atom. The Balaban J connectivity index is 2.69. The molecule has 6 heteroatoms. The molecule has 5 nitrogen and oxygen atoms in total. The van der Waals surface area contributed by atoms with E-state index in [1.54, 1.807) is 0 Å². The Morgan fingerprint density at radius 1 is 1.31 bits per heavy atom. The predicted octanol–water partition coefficient (Wildman–Crippen LogP) is -1.32. The number of alkyl halides is 1. The number of rotatable bonds is 2. The molecule has 1 saturated heterocycles. The highest BCUT2D eigenvalue weighted by Crippen LogP contribution is 2.22. The minimum Gasteiger partial charge on any atom is -0.387 e. The van der Waals surface area contributed by atoms with E-state index in [2.05, 4.69) is 0 Å². The Kier molecular flexibility index (Phi) is 3.90. The lowest BCUT2D eigenvalue weighted by molar-refractivity contribution is -0.280. The molecule has 0 unspecified atom stereocenters. The van der Waals surface area contributed by atoms with Crippen LogP contribution in [0.4, 0.5) is 0 Å². The number of aliphatic hydroxyl groups is 3. The van der Waals surface area contributed by atoms with Crippen molar-refractivity contribution in [3.63, 3.8) is 0 Å². The average molecular weight is 213 g/mol. The molecule has 0 aliphatic carbocycles. The second kappa shape index (κ2) is 4.54. The van der Waals surface area contributed by atoms with Crippen molar-refractivity contribution in [3.05, 3.63) is 0 Å². The van der Waals surface area contributed by atoms with Crippen LogP contribution in [0.1, 0.15) is 0 Å². The van der Waals surface area contributed by atoms with Crippen LogP contribution in [-0.2, 0) is 9.47 Å². The largest absolute Gasteiger partial charge is 0.387 e. The number of hydrogen-bond acceptors (Lipinski definition) is 5. The lowest BCUT2D eigenvalue weighted by Crippen LogP contribution is -2.58. The zero-order chi connectivity index (χ0) is 10.0. The van der Waals surface area contributed by atoms with Gasteiger partial charge in [-0.3, -0.25) is 0 Å². The summed E-state index contributed by atoms with van der Waals surface area (Å²) >= 11 is 5.52. The number of aliphatic hydroxyl groups excluding tert-OH is 3. The molecule has 1 aliphatic rings. The van der Waals surface area contributed by atoms with E-state index in [-0.39, 0.29) is 5.88 Å². The fraction of sp³-hybridized carbons (Fsp3) is 1.00. The predicted molar refractivity (Wildman–Crippen MR) is 44.4 cm³/mol. The molecule has 0 bridgehead atoms. The molecule has 13 heavy (non-hydrogen) atoms. The van der Waals surface area contributed by atoms with E-state index in [4.69, 9.17) is 26.2 Å². The van der Waals surface area contributed by atoms with Gasteiger partial charge in [0, 0.05) is 7.11 Å². The van der Waals surface area contributed by atoms with Gasteiger partial charge in [0.2, 0.25) is 0 Å². The number of halogens is 1. The molecule has 1 rings (SSSR count). The molecule has 3 N–H and O–H groups in total. The molecule has 78 valence electrons. The molecular formula is C7H13ClO5. The minimum absolute atomic E-state index is 0.0827. The van der Waals surface area contributed by atoms with Gasteiger partial charge in [-0.15, -0.1) is 11.6 Å². The summed E-state index contributed by atoms with van der Waals surface area (Å²) in [7, 11) is 1.38. The van der Waals surface area contributed by atoms with Crippen molar-refractivity contribution >= 4 is 11.6 Å². The first kappa shape index (κ1) is 11.2. The second-order valence-electron chi connectivity index (χ2n) is 2.90. The normalized spacial score (nSPS) is 46.4. The van der Waals surface area contributed by atoms with Crippen LogP contribution >= 0.6 is 11.6 Å². The van der Waals surface area contributed by atoms with Crippen molar-refractivity contribution in [1.29, 1.82) is 0 Å². The lowest BCUT2D eigenvalue weighted by Gasteiger charge is -2.39. The van der Waals surface area contributed by atoms with E-state index in [0.29, 0.717) is 0 Å². The molecule has 0 radical (unpaired) electrons. The van der Waals surface area contributed by atoms with Crippen LogP contribution in [0.2, 0.25) is 0 Å². The monoisotopic (exact) mass is 212 g/mol. The summed E-state index contributed by atoms with van der Waals surface area (Å²) in [4.78, 5) is 0. The van der Waals surface area contributed by atoms with Gasteiger partial charge in [-0.1, -0.05) is 0 Å². The molecule has 1 fully saturated rings. The highest BCUT2D eigenvalue weighted by atomic mass is 35.5. The maximum atomic E-state index is 9.44. The van der Waals surface area contributed by atoms with Gasteiger partial charge in [0.05, 0.1) is 5.88 Å². The molecule has 0 aromatic rings. The summed E-state index contributed by atoms with van der Waals surface area (Å²) in [5.74, 6) is 0.0827. The Bertz CT molecular complexity index is 165. The fourth-order valence-corrected chi connectivity index (χ4v) is 1.58.